The number of amides is 2. The summed E-state index contributed by atoms with van der Waals surface area (Å²) in [5.41, 5.74) is 5.85. The molecular weight excluding hydrogens is 330 g/mol. The van der Waals surface area contributed by atoms with Gasteiger partial charge >= 0.3 is 6.03 Å². The molecule has 2 rings (SSSR count). The number of ether oxygens (including phenoxy) is 2. The lowest BCUT2D eigenvalue weighted by atomic mass is 10.0. The number of ketones is 1. The number of nitrogens with one attached hydrogen (secondary N) is 2. The van der Waals surface area contributed by atoms with Crippen molar-refractivity contribution in [3.05, 3.63) is 0 Å². The summed E-state index contributed by atoms with van der Waals surface area (Å²) in [6, 6.07) is -0.105. The van der Waals surface area contributed by atoms with Crippen molar-refractivity contribution in [3.8, 4) is 0 Å². The first kappa shape index (κ1) is 19.5. The Bertz CT molecular complexity index is 424. The number of urea groups is 1. The van der Waals surface area contributed by atoms with Crippen molar-refractivity contribution in [1.82, 2.24) is 10.6 Å². The van der Waals surface area contributed by atoms with Crippen LogP contribution in [0, 0.1) is 0 Å². The van der Waals surface area contributed by atoms with Gasteiger partial charge in [0.2, 0.25) is 0 Å². The Labute approximate surface area is 147 Å². The van der Waals surface area contributed by atoms with E-state index in [1.807, 2.05) is 18.7 Å². The molecule has 138 valence electrons. The molecule has 2 saturated heterocycles. The normalized spacial score (nSPS) is 26.8. The lowest BCUT2D eigenvalue weighted by molar-refractivity contribution is -0.121. The van der Waals surface area contributed by atoms with E-state index in [1.54, 1.807) is 0 Å². The van der Waals surface area contributed by atoms with Gasteiger partial charge in [0.15, 0.2) is 5.78 Å². The molecule has 0 aromatic rings. The Kier molecular flexibility index (Phi) is 8.31. The van der Waals surface area contributed by atoms with E-state index in [9.17, 15) is 9.59 Å². The maximum absolute atomic E-state index is 12.0. The second kappa shape index (κ2) is 10.2. The van der Waals surface area contributed by atoms with Gasteiger partial charge < -0.3 is 25.8 Å². The first-order valence-electron chi connectivity index (χ1n) is 8.74. The van der Waals surface area contributed by atoms with Crippen LogP contribution in [0.15, 0.2) is 0 Å². The van der Waals surface area contributed by atoms with Gasteiger partial charge in [-0.2, -0.15) is 11.8 Å². The van der Waals surface area contributed by atoms with E-state index >= 15 is 0 Å². The predicted molar refractivity (Wildman–Crippen MR) is 94.3 cm³/mol. The predicted octanol–water partition coefficient (Wildman–Crippen LogP) is 0.662. The highest BCUT2D eigenvalue weighted by atomic mass is 32.2. The SMILES string of the molecule is CCOCCOCC(N)C(=O)CCCC[C@@H]1SC[C@@H]2NC(=O)N[C@@H]21. The van der Waals surface area contributed by atoms with E-state index in [0.29, 0.717) is 31.5 Å². The average Bonchev–Trinajstić information content (AvgIpc) is 3.10. The van der Waals surface area contributed by atoms with Crippen LogP contribution in [0.3, 0.4) is 0 Å². The van der Waals surface area contributed by atoms with E-state index in [0.717, 1.165) is 25.0 Å². The molecule has 8 heteroatoms. The highest BCUT2D eigenvalue weighted by Crippen LogP contribution is 2.33. The molecule has 4 N–H and O–H groups in total. The Hall–Kier alpha value is -0.830. The first-order chi connectivity index (χ1) is 11.6. The highest BCUT2D eigenvalue weighted by molar-refractivity contribution is 8.00. The van der Waals surface area contributed by atoms with Crippen LogP contribution in [-0.2, 0) is 14.3 Å². The monoisotopic (exact) mass is 359 g/mol. The molecule has 0 radical (unpaired) electrons. The summed E-state index contributed by atoms with van der Waals surface area (Å²) in [5.74, 6) is 1.02. The van der Waals surface area contributed by atoms with Crippen LogP contribution >= 0.6 is 11.8 Å². The Morgan fingerprint density at radius 3 is 2.92 bits per heavy atom. The van der Waals surface area contributed by atoms with E-state index in [-0.39, 0.29) is 30.5 Å². The van der Waals surface area contributed by atoms with Crippen molar-refractivity contribution in [3.63, 3.8) is 0 Å². The number of thioether (sulfide) groups is 1. The van der Waals surface area contributed by atoms with Crippen molar-refractivity contribution in [2.75, 3.05) is 32.2 Å². The van der Waals surface area contributed by atoms with Gasteiger partial charge in [-0.15, -0.1) is 0 Å². The van der Waals surface area contributed by atoms with Crippen LogP contribution in [-0.4, -0.2) is 67.4 Å². The molecule has 0 saturated carbocycles. The summed E-state index contributed by atoms with van der Waals surface area (Å²) in [7, 11) is 0. The van der Waals surface area contributed by atoms with E-state index in [2.05, 4.69) is 10.6 Å². The van der Waals surface area contributed by atoms with Gasteiger partial charge in [0.25, 0.3) is 0 Å². The Morgan fingerprint density at radius 2 is 2.12 bits per heavy atom. The largest absolute Gasteiger partial charge is 0.379 e. The van der Waals surface area contributed by atoms with Crippen LogP contribution < -0.4 is 16.4 Å². The van der Waals surface area contributed by atoms with Crippen molar-refractivity contribution in [2.24, 2.45) is 5.73 Å². The minimum Gasteiger partial charge on any atom is -0.379 e. The summed E-state index contributed by atoms with van der Waals surface area (Å²) in [6.07, 6.45) is 3.31. The number of hydrogen-bond acceptors (Lipinski definition) is 6. The van der Waals surface area contributed by atoms with E-state index in [4.69, 9.17) is 15.2 Å². The fourth-order valence-corrected chi connectivity index (χ4v) is 4.58. The fourth-order valence-electron chi connectivity index (χ4n) is 3.04. The fraction of sp³-hybridized carbons (Fsp3) is 0.875. The third kappa shape index (κ3) is 5.91. The molecule has 2 aliphatic heterocycles. The maximum Gasteiger partial charge on any atom is 0.315 e. The lowest BCUT2D eigenvalue weighted by Crippen LogP contribution is -2.37. The molecule has 0 bridgehead atoms. The number of nitrogens with two attached hydrogens (primary N) is 1. The summed E-state index contributed by atoms with van der Waals surface area (Å²) < 4.78 is 10.5. The summed E-state index contributed by atoms with van der Waals surface area (Å²) in [6.45, 7) is 3.84. The average molecular weight is 359 g/mol. The minimum absolute atomic E-state index is 0.0548. The van der Waals surface area contributed by atoms with Crippen LogP contribution in [0.1, 0.15) is 32.6 Å². The van der Waals surface area contributed by atoms with Crippen molar-refractivity contribution in [1.29, 1.82) is 0 Å². The summed E-state index contributed by atoms with van der Waals surface area (Å²) in [5, 5.41) is 6.37. The molecule has 1 unspecified atom stereocenters. The highest BCUT2D eigenvalue weighted by Gasteiger charge is 2.42. The molecule has 0 spiro atoms. The molecule has 24 heavy (non-hydrogen) atoms. The molecule has 2 amide bonds. The van der Waals surface area contributed by atoms with Gasteiger partial charge in [0.05, 0.1) is 37.9 Å². The van der Waals surface area contributed by atoms with E-state index in [1.165, 1.54) is 0 Å². The first-order valence-corrected chi connectivity index (χ1v) is 9.79. The van der Waals surface area contributed by atoms with Crippen LogP contribution in [0.25, 0.3) is 0 Å². The number of rotatable bonds is 12. The molecule has 2 heterocycles. The van der Waals surface area contributed by atoms with Gasteiger partial charge in [-0.25, -0.2) is 4.79 Å². The Balaban J connectivity index is 1.52. The quantitative estimate of drug-likeness (QED) is 0.349. The molecule has 2 fully saturated rings. The topological polar surface area (TPSA) is 103 Å². The standard InChI is InChI=1S/C16H29N3O4S/c1-2-22-7-8-23-9-11(17)13(20)5-3-4-6-14-15-12(10-24-14)18-16(21)19-15/h11-12,14-15H,2-10,17H2,1H3,(H2,18,19,21)/t11?,12-,14-,15-/m0/s1. The zero-order chi connectivity index (χ0) is 17.4. The molecule has 0 aromatic heterocycles. The van der Waals surface area contributed by atoms with Crippen molar-refractivity contribution < 1.29 is 19.1 Å². The Morgan fingerprint density at radius 1 is 1.33 bits per heavy atom. The molecule has 2 aliphatic rings. The number of unbranched alkanes of at least 4 members (excludes halogenated alkanes) is 1. The number of carbonyl (C=O) groups excluding carboxylic acids is 2. The van der Waals surface area contributed by atoms with Crippen molar-refractivity contribution >= 4 is 23.6 Å². The third-order valence-corrected chi connectivity index (χ3v) is 5.90. The summed E-state index contributed by atoms with van der Waals surface area (Å²) in [4.78, 5) is 23.3. The molecule has 0 aromatic carbocycles. The number of hydrogen-bond donors (Lipinski definition) is 3. The molecule has 0 aliphatic carbocycles. The number of Topliss-reactive ketones (excluding diaryl/α,β-unsaturated/α-hetero) is 1. The van der Waals surface area contributed by atoms with Gasteiger partial charge in [-0.05, 0) is 19.8 Å². The van der Waals surface area contributed by atoms with Gasteiger partial charge in [0.1, 0.15) is 0 Å². The smallest absolute Gasteiger partial charge is 0.315 e. The van der Waals surface area contributed by atoms with Crippen LogP contribution in [0.4, 0.5) is 4.79 Å². The number of carbonyl (C=O) groups is 2. The van der Waals surface area contributed by atoms with E-state index < -0.39 is 6.04 Å². The molecular formula is C16H29N3O4S. The zero-order valence-electron chi connectivity index (χ0n) is 14.3. The van der Waals surface area contributed by atoms with Crippen molar-refractivity contribution in [2.45, 2.75) is 56.0 Å². The second-order valence-electron chi connectivity index (χ2n) is 6.21. The zero-order valence-corrected chi connectivity index (χ0v) is 15.1. The lowest BCUT2D eigenvalue weighted by Gasteiger charge is -2.16. The summed E-state index contributed by atoms with van der Waals surface area (Å²) >= 11 is 1.90. The van der Waals surface area contributed by atoms with Gasteiger partial charge in [-0.1, -0.05) is 6.42 Å². The minimum atomic E-state index is -0.546. The van der Waals surface area contributed by atoms with Crippen LogP contribution in [0.2, 0.25) is 0 Å². The third-order valence-electron chi connectivity index (χ3n) is 4.39. The molecule has 7 nitrogen and oxygen atoms in total. The number of fused-ring (bicyclic) bond motifs is 1. The molecule has 4 atom stereocenters. The van der Waals surface area contributed by atoms with Gasteiger partial charge in [-0.3, -0.25) is 4.79 Å². The van der Waals surface area contributed by atoms with Crippen LogP contribution in [0.5, 0.6) is 0 Å². The van der Waals surface area contributed by atoms with Gasteiger partial charge in [0, 0.05) is 24.0 Å². The maximum atomic E-state index is 12.0. The second-order valence-corrected chi connectivity index (χ2v) is 7.48.